The zero-order valence-corrected chi connectivity index (χ0v) is 14.0. The first-order valence-electron chi connectivity index (χ1n) is 8.60. The van der Waals surface area contributed by atoms with Crippen molar-refractivity contribution in [2.24, 2.45) is 5.92 Å². The van der Waals surface area contributed by atoms with Crippen LogP contribution in [0.25, 0.3) is 0 Å². The van der Waals surface area contributed by atoms with Crippen molar-refractivity contribution in [2.75, 3.05) is 13.1 Å². The molecule has 0 spiro atoms. The summed E-state index contributed by atoms with van der Waals surface area (Å²) in [7, 11) is 0. The molecule has 23 heavy (non-hydrogen) atoms. The number of carbonyl (C=O) groups is 1. The number of morpholine rings is 1. The number of rotatable bonds is 4. The molecule has 1 saturated carbocycles. The summed E-state index contributed by atoms with van der Waals surface area (Å²) in [5.74, 6) is 0.219. The molecule has 3 atom stereocenters. The minimum atomic E-state index is 0.0185. The summed E-state index contributed by atoms with van der Waals surface area (Å²) >= 11 is 6.07. The lowest BCUT2D eigenvalue weighted by Gasteiger charge is -2.33. The molecule has 0 radical (unpaired) electrons. The molecule has 1 aromatic rings. The van der Waals surface area contributed by atoms with E-state index in [2.05, 4.69) is 16.3 Å². The van der Waals surface area contributed by atoms with E-state index in [0.717, 1.165) is 43.9 Å². The third-order valence-corrected chi connectivity index (χ3v) is 5.55. The van der Waals surface area contributed by atoms with E-state index >= 15 is 0 Å². The number of likely N-dealkylation sites (tertiary alicyclic amines) is 1. The molecule has 0 unspecified atom stereocenters. The molecule has 1 aromatic carbocycles. The van der Waals surface area contributed by atoms with Crippen molar-refractivity contribution >= 4 is 17.5 Å². The summed E-state index contributed by atoms with van der Waals surface area (Å²) < 4.78 is 6.03. The highest BCUT2D eigenvalue weighted by Gasteiger charge is 2.45. The number of fused-ring (bicyclic) bond motifs is 2. The highest BCUT2D eigenvalue weighted by Crippen LogP contribution is 2.33. The molecule has 0 aromatic heterocycles. The fourth-order valence-electron chi connectivity index (χ4n) is 3.90. The lowest BCUT2D eigenvalue weighted by molar-refractivity contribution is -0.129. The van der Waals surface area contributed by atoms with Gasteiger partial charge in [-0.1, -0.05) is 23.7 Å². The number of halogens is 1. The Balaban J connectivity index is 1.37. The molecular weight excluding hydrogens is 312 g/mol. The summed E-state index contributed by atoms with van der Waals surface area (Å²) in [4.78, 5) is 14.9. The molecule has 2 bridgehead atoms. The van der Waals surface area contributed by atoms with Gasteiger partial charge in [0.15, 0.2) is 0 Å². The summed E-state index contributed by atoms with van der Waals surface area (Å²) in [5.41, 5.74) is 1.22. The molecule has 1 N–H and O–H groups in total. The molecule has 2 saturated heterocycles. The molecule has 2 aliphatic heterocycles. The van der Waals surface area contributed by atoms with Gasteiger partial charge in [0.2, 0.25) is 5.91 Å². The maximum atomic E-state index is 12.5. The van der Waals surface area contributed by atoms with E-state index in [0.29, 0.717) is 6.04 Å². The van der Waals surface area contributed by atoms with Crippen LogP contribution < -0.4 is 5.32 Å². The van der Waals surface area contributed by atoms with Crippen molar-refractivity contribution in [3.8, 4) is 0 Å². The Kier molecular flexibility index (Phi) is 4.31. The van der Waals surface area contributed by atoms with E-state index in [-0.39, 0.29) is 24.0 Å². The third kappa shape index (κ3) is 3.39. The average Bonchev–Trinajstić information content (AvgIpc) is 2.78. The van der Waals surface area contributed by atoms with Gasteiger partial charge in [-0.25, -0.2) is 0 Å². The minimum absolute atomic E-state index is 0.0185. The van der Waals surface area contributed by atoms with Crippen LogP contribution in [0.4, 0.5) is 0 Å². The Hall–Kier alpha value is -1.10. The largest absolute Gasteiger partial charge is 0.371 e. The van der Waals surface area contributed by atoms with Gasteiger partial charge in [-0.3, -0.25) is 9.69 Å². The van der Waals surface area contributed by atoms with Crippen molar-refractivity contribution in [3.05, 3.63) is 34.9 Å². The standard InChI is InChI=1S/C18H23ClN2O2/c19-13-4-1-3-12(7-13)9-21-10-15-8-16(17(11-21)23-15)18(22)20-14-5-2-6-14/h1,3-4,7,14-17H,2,5-6,8-11H2,(H,20,22)/t15-,16+,17-/m1/s1. The Morgan fingerprint density at radius 3 is 2.96 bits per heavy atom. The van der Waals surface area contributed by atoms with Gasteiger partial charge in [0.05, 0.1) is 18.1 Å². The van der Waals surface area contributed by atoms with Crippen molar-refractivity contribution < 1.29 is 9.53 Å². The SMILES string of the molecule is O=C(NC1CCC1)[C@H]1C[C@@H]2CN(Cc3cccc(Cl)c3)C[C@H]1O2. The molecule has 3 fully saturated rings. The number of hydrogen-bond acceptors (Lipinski definition) is 3. The minimum Gasteiger partial charge on any atom is -0.371 e. The molecule has 1 amide bonds. The predicted molar refractivity (Wildman–Crippen MR) is 89.3 cm³/mol. The van der Waals surface area contributed by atoms with Crippen LogP contribution in [-0.4, -0.2) is 42.1 Å². The molecule has 1 aliphatic carbocycles. The first-order valence-corrected chi connectivity index (χ1v) is 8.98. The number of carbonyl (C=O) groups excluding carboxylic acids is 1. The van der Waals surface area contributed by atoms with E-state index < -0.39 is 0 Å². The normalized spacial score (nSPS) is 30.9. The molecule has 2 heterocycles. The molecular formula is C18H23ClN2O2. The third-order valence-electron chi connectivity index (χ3n) is 5.32. The van der Waals surface area contributed by atoms with Crippen LogP contribution in [-0.2, 0) is 16.1 Å². The van der Waals surface area contributed by atoms with E-state index in [9.17, 15) is 4.79 Å². The van der Waals surface area contributed by atoms with Crippen LogP contribution in [0.15, 0.2) is 24.3 Å². The Morgan fingerprint density at radius 1 is 1.35 bits per heavy atom. The topological polar surface area (TPSA) is 41.6 Å². The second-order valence-corrected chi connectivity index (χ2v) is 7.54. The Bertz CT molecular complexity index is 590. The van der Waals surface area contributed by atoms with Crippen LogP contribution in [0.2, 0.25) is 5.02 Å². The van der Waals surface area contributed by atoms with Gasteiger partial charge < -0.3 is 10.1 Å². The van der Waals surface area contributed by atoms with Crippen LogP contribution in [0.1, 0.15) is 31.2 Å². The quantitative estimate of drug-likeness (QED) is 0.920. The van der Waals surface area contributed by atoms with Crippen LogP contribution in [0, 0.1) is 5.92 Å². The number of hydrogen-bond donors (Lipinski definition) is 1. The summed E-state index contributed by atoms with van der Waals surface area (Å²) in [6.45, 7) is 2.59. The highest BCUT2D eigenvalue weighted by atomic mass is 35.5. The average molecular weight is 335 g/mol. The first-order chi connectivity index (χ1) is 11.2. The number of benzene rings is 1. The van der Waals surface area contributed by atoms with Crippen molar-refractivity contribution in [1.29, 1.82) is 0 Å². The van der Waals surface area contributed by atoms with Crippen LogP contribution >= 0.6 is 11.6 Å². The van der Waals surface area contributed by atoms with Crippen LogP contribution in [0.5, 0.6) is 0 Å². The van der Waals surface area contributed by atoms with Gasteiger partial charge in [-0.2, -0.15) is 0 Å². The number of amides is 1. The van der Waals surface area contributed by atoms with Gasteiger partial charge in [-0.15, -0.1) is 0 Å². The molecule has 5 heteroatoms. The monoisotopic (exact) mass is 334 g/mol. The van der Waals surface area contributed by atoms with E-state index in [1.165, 1.54) is 12.0 Å². The molecule has 3 aliphatic rings. The van der Waals surface area contributed by atoms with E-state index in [1.807, 2.05) is 18.2 Å². The zero-order valence-electron chi connectivity index (χ0n) is 13.2. The second-order valence-electron chi connectivity index (χ2n) is 7.10. The maximum absolute atomic E-state index is 12.5. The smallest absolute Gasteiger partial charge is 0.226 e. The van der Waals surface area contributed by atoms with Gasteiger partial charge in [0.25, 0.3) is 0 Å². The molecule has 4 rings (SSSR count). The van der Waals surface area contributed by atoms with Crippen LogP contribution in [0.3, 0.4) is 0 Å². The van der Waals surface area contributed by atoms with Gasteiger partial charge >= 0.3 is 0 Å². The lowest BCUT2D eigenvalue weighted by Crippen LogP contribution is -2.47. The number of nitrogens with one attached hydrogen (secondary N) is 1. The second kappa shape index (κ2) is 6.42. The van der Waals surface area contributed by atoms with Gasteiger partial charge in [0.1, 0.15) is 0 Å². The zero-order chi connectivity index (χ0) is 15.8. The molecule has 4 nitrogen and oxygen atoms in total. The van der Waals surface area contributed by atoms with Crippen molar-refractivity contribution in [3.63, 3.8) is 0 Å². The highest BCUT2D eigenvalue weighted by molar-refractivity contribution is 6.30. The molecule has 124 valence electrons. The first kappa shape index (κ1) is 15.4. The van der Waals surface area contributed by atoms with Gasteiger partial charge in [-0.05, 0) is 43.4 Å². The number of ether oxygens (including phenoxy) is 1. The van der Waals surface area contributed by atoms with E-state index in [1.54, 1.807) is 0 Å². The fourth-order valence-corrected chi connectivity index (χ4v) is 4.11. The Morgan fingerprint density at radius 2 is 2.22 bits per heavy atom. The lowest BCUT2D eigenvalue weighted by atomic mass is 9.91. The summed E-state index contributed by atoms with van der Waals surface area (Å²) in [6.07, 6.45) is 4.58. The Labute approximate surface area is 142 Å². The number of nitrogens with zero attached hydrogens (tertiary/aromatic N) is 1. The maximum Gasteiger partial charge on any atom is 0.226 e. The predicted octanol–water partition coefficient (Wildman–Crippen LogP) is 2.60. The van der Waals surface area contributed by atoms with E-state index in [4.69, 9.17) is 16.3 Å². The van der Waals surface area contributed by atoms with Gasteiger partial charge in [0, 0.05) is 30.7 Å². The summed E-state index contributed by atoms with van der Waals surface area (Å²) in [5, 5.41) is 3.96. The fraction of sp³-hybridized carbons (Fsp3) is 0.611. The van der Waals surface area contributed by atoms with Crippen molar-refractivity contribution in [1.82, 2.24) is 10.2 Å². The summed E-state index contributed by atoms with van der Waals surface area (Å²) in [6, 6.07) is 8.41. The van der Waals surface area contributed by atoms with Crippen molar-refractivity contribution in [2.45, 2.75) is 50.5 Å².